The molecule has 17 heavy (non-hydrogen) atoms. The zero-order chi connectivity index (χ0) is 12.1. The lowest BCUT2D eigenvalue weighted by molar-refractivity contribution is -0.137. The van der Waals surface area contributed by atoms with Gasteiger partial charge in [0.05, 0.1) is 0 Å². The highest BCUT2D eigenvalue weighted by Crippen LogP contribution is 2.43. The molecule has 1 spiro atoms. The Morgan fingerprint density at radius 3 is 2.41 bits per heavy atom. The number of rotatable bonds is 6. The number of carboxylic acid groups (broad SMARTS) is 1. The fraction of sp³-hybridized carbons (Fsp3) is 0.929. The minimum absolute atomic E-state index is 0.337. The second-order valence-corrected chi connectivity index (χ2v) is 5.98. The molecule has 0 aromatic rings. The summed E-state index contributed by atoms with van der Waals surface area (Å²) in [5, 5.41) is 8.53. The lowest BCUT2D eigenvalue weighted by atomic mass is 9.68. The topological polar surface area (TPSA) is 40.5 Å². The maximum absolute atomic E-state index is 10.4. The third-order valence-electron chi connectivity index (χ3n) is 4.40. The molecule has 0 aromatic carbocycles. The van der Waals surface area contributed by atoms with Gasteiger partial charge in [-0.3, -0.25) is 4.79 Å². The average Bonchev–Trinajstić information content (AvgIpc) is 2.27. The summed E-state index contributed by atoms with van der Waals surface area (Å²) in [5.74, 6) is -0.657. The van der Waals surface area contributed by atoms with Crippen LogP contribution in [0.1, 0.15) is 57.8 Å². The first-order valence-corrected chi connectivity index (χ1v) is 7.14. The number of unbranched alkanes of at least 4 members (excludes halogenated alkanes) is 2. The van der Waals surface area contributed by atoms with Crippen LogP contribution in [0.3, 0.4) is 0 Å². The fourth-order valence-corrected chi connectivity index (χ4v) is 3.47. The highest BCUT2D eigenvalue weighted by atomic mass is 16.4. The molecular weight excluding hydrogens is 214 g/mol. The van der Waals surface area contributed by atoms with E-state index in [1.54, 1.807) is 0 Å². The lowest BCUT2D eigenvalue weighted by Gasteiger charge is -2.52. The van der Waals surface area contributed by atoms with Gasteiger partial charge in [-0.2, -0.15) is 0 Å². The van der Waals surface area contributed by atoms with Gasteiger partial charge in [-0.1, -0.05) is 25.7 Å². The normalized spacial score (nSPS) is 23.5. The predicted molar refractivity (Wildman–Crippen MR) is 68.1 cm³/mol. The Balaban J connectivity index is 1.50. The summed E-state index contributed by atoms with van der Waals surface area (Å²) < 4.78 is 0. The van der Waals surface area contributed by atoms with Gasteiger partial charge >= 0.3 is 5.97 Å². The van der Waals surface area contributed by atoms with Crippen LogP contribution in [0.4, 0.5) is 0 Å². The first-order valence-electron chi connectivity index (χ1n) is 7.14. The van der Waals surface area contributed by atoms with Crippen LogP contribution in [-0.4, -0.2) is 35.6 Å². The van der Waals surface area contributed by atoms with E-state index >= 15 is 0 Å². The largest absolute Gasteiger partial charge is 0.481 e. The second kappa shape index (κ2) is 5.85. The first-order chi connectivity index (χ1) is 8.20. The molecule has 0 bridgehead atoms. The van der Waals surface area contributed by atoms with Crippen LogP contribution in [0.15, 0.2) is 0 Å². The Morgan fingerprint density at radius 1 is 1.06 bits per heavy atom. The summed E-state index contributed by atoms with van der Waals surface area (Å²) in [6, 6.07) is 0. The van der Waals surface area contributed by atoms with Gasteiger partial charge in [0.15, 0.2) is 0 Å². The molecule has 1 heterocycles. The standard InChI is InChI=1S/C14H25NO2/c16-13(17)7-3-1-6-10-15-11-14(12-15)8-4-2-5-9-14/h1-12H2,(H,16,17). The van der Waals surface area contributed by atoms with E-state index in [2.05, 4.69) is 4.90 Å². The zero-order valence-electron chi connectivity index (χ0n) is 10.8. The molecule has 1 aliphatic heterocycles. The van der Waals surface area contributed by atoms with Crippen molar-refractivity contribution in [3.63, 3.8) is 0 Å². The predicted octanol–water partition coefficient (Wildman–Crippen LogP) is 2.90. The highest BCUT2D eigenvalue weighted by molar-refractivity contribution is 5.66. The third-order valence-corrected chi connectivity index (χ3v) is 4.40. The van der Waals surface area contributed by atoms with Crippen molar-refractivity contribution in [2.24, 2.45) is 5.41 Å². The van der Waals surface area contributed by atoms with Gasteiger partial charge < -0.3 is 10.0 Å². The van der Waals surface area contributed by atoms with Crippen LogP contribution in [0.25, 0.3) is 0 Å². The minimum atomic E-state index is -0.657. The average molecular weight is 239 g/mol. The molecule has 1 N–H and O–H groups in total. The van der Waals surface area contributed by atoms with Crippen molar-refractivity contribution in [3.8, 4) is 0 Å². The maximum atomic E-state index is 10.4. The molecule has 0 aromatic heterocycles. The molecular formula is C14H25NO2. The van der Waals surface area contributed by atoms with Crippen molar-refractivity contribution in [2.75, 3.05) is 19.6 Å². The number of carbonyl (C=O) groups is 1. The summed E-state index contributed by atoms with van der Waals surface area (Å²) in [5.41, 5.74) is 0.694. The van der Waals surface area contributed by atoms with Crippen molar-refractivity contribution in [1.29, 1.82) is 0 Å². The minimum Gasteiger partial charge on any atom is -0.481 e. The summed E-state index contributed by atoms with van der Waals surface area (Å²) in [6.45, 7) is 3.80. The SMILES string of the molecule is O=C(O)CCCCCN1CC2(CCCCC2)C1. The zero-order valence-corrected chi connectivity index (χ0v) is 10.8. The summed E-state index contributed by atoms with van der Waals surface area (Å²) >= 11 is 0. The van der Waals surface area contributed by atoms with Gasteiger partial charge in [-0.05, 0) is 37.6 Å². The molecule has 3 nitrogen and oxygen atoms in total. The van der Waals surface area contributed by atoms with Crippen LogP contribution in [0.2, 0.25) is 0 Å². The lowest BCUT2D eigenvalue weighted by Crippen LogP contribution is -2.57. The number of carboxylic acids is 1. The van der Waals surface area contributed by atoms with Crippen LogP contribution >= 0.6 is 0 Å². The van der Waals surface area contributed by atoms with Gasteiger partial charge in [-0.25, -0.2) is 0 Å². The van der Waals surface area contributed by atoms with Gasteiger partial charge in [0.1, 0.15) is 0 Å². The van der Waals surface area contributed by atoms with Gasteiger partial charge in [0.2, 0.25) is 0 Å². The van der Waals surface area contributed by atoms with E-state index in [9.17, 15) is 4.79 Å². The van der Waals surface area contributed by atoms with E-state index in [0.29, 0.717) is 11.8 Å². The van der Waals surface area contributed by atoms with Crippen LogP contribution < -0.4 is 0 Å². The summed E-state index contributed by atoms with van der Waals surface area (Å²) in [7, 11) is 0. The molecule has 98 valence electrons. The Hall–Kier alpha value is -0.570. The molecule has 2 aliphatic rings. The van der Waals surface area contributed by atoms with E-state index < -0.39 is 5.97 Å². The number of likely N-dealkylation sites (tertiary alicyclic amines) is 1. The van der Waals surface area contributed by atoms with Crippen molar-refractivity contribution in [1.82, 2.24) is 4.90 Å². The summed E-state index contributed by atoms with van der Waals surface area (Å²) in [6.07, 6.45) is 10.6. The maximum Gasteiger partial charge on any atom is 0.303 e. The number of hydrogen-bond donors (Lipinski definition) is 1. The Labute approximate surface area is 104 Å². The molecule has 0 radical (unpaired) electrons. The Morgan fingerprint density at radius 2 is 1.76 bits per heavy atom. The van der Waals surface area contributed by atoms with Crippen molar-refractivity contribution >= 4 is 5.97 Å². The van der Waals surface area contributed by atoms with Crippen LogP contribution in [0, 0.1) is 5.41 Å². The molecule has 1 aliphatic carbocycles. The molecule has 2 rings (SSSR count). The van der Waals surface area contributed by atoms with Gasteiger partial charge in [-0.15, -0.1) is 0 Å². The van der Waals surface area contributed by atoms with Crippen LogP contribution in [0.5, 0.6) is 0 Å². The molecule has 3 heteroatoms. The van der Waals surface area contributed by atoms with E-state index in [1.807, 2.05) is 0 Å². The van der Waals surface area contributed by atoms with E-state index in [-0.39, 0.29) is 0 Å². The molecule has 0 amide bonds. The highest BCUT2D eigenvalue weighted by Gasteiger charge is 2.42. The molecule has 2 fully saturated rings. The number of aliphatic carboxylic acids is 1. The van der Waals surface area contributed by atoms with Crippen molar-refractivity contribution in [3.05, 3.63) is 0 Å². The number of nitrogens with zero attached hydrogens (tertiary/aromatic N) is 1. The summed E-state index contributed by atoms with van der Waals surface area (Å²) in [4.78, 5) is 12.9. The molecule has 1 saturated heterocycles. The van der Waals surface area contributed by atoms with E-state index in [1.165, 1.54) is 58.2 Å². The smallest absolute Gasteiger partial charge is 0.303 e. The second-order valence-electron chi connectivity index (χ2n) is 5.98. The van der Waals surface area contributed by atoms with Crippen LogP contribution in [-0.2, 0) is 4.79 Å². The van der Waals surface area contributed by atoms with E-state index in [0.717, 1.165) is 12.8 Å². The molecule has 0 atom stereocenters. The van der Waals surface area contributed by atoms with E-state index in [4.69, 9.17) is 5.11 Å². The van der Waals surface area contributed by atoms with Crippen molar-refractivity contribution in [2.45, 2.75) is 57.8 Å². The van der Waals surface area contributed by atoms with Gasteiger partial charge in [0.25, 0.3) is 0 Å². The third kappa shape index (κ3) is 3.70. The monoisotopic (exact) mass is 239 g/mol. The quantitative estimate of drug-likeness (QED) is 0.725. The van der Waals surface area contributed by atoms with Crippen molar-refractivity contribution < 1.29 is 9.90 Å². The Bertz CT molecular complexity index is 251. The number of hydrogen-bond acceptors (Lipinski definition) is 2. The van der Waals surface area contributed by atoms with Gasteiger partial charge in [0, 0.05) is 19.5 Å². The Kier molecular flexibility index (Phi) is 4.43. The fourth-order valence-electron chi connectivity index (χ4n) is 3.47. The molecule has 1 saturated carbocycles. The molecule has 0 unspecified atom stereocenters. The first kappa shape index (κ1) is 12.9.